The van der Waals surface area contributed by atoms with E-state index < -0.39 is 0 Å². The second-order valence-electron chi connectivity index (χ2n) is 10.8. The van der Waals surface area contributed by atoms with Crippen molar-refractivity contribution in [1.82, 2.24) is 0 Å². The van der Waals surface area contributed by atoms with E-state index in [0.717, 1.165) is 67.4 Å². The summed E-state index contributed by atoms with van der Waals surface area (Å²) in [5, 5.41) is 11.0. The lowest BCUT2D eigenvalue weighted by atomic mass is 9.86. The number of phenolic OH excluding ortho intramolecular Hbond substituents is 1. The van der Waals surface area contributed by atoms with Crippen molar-refractivity contribution in [2.24, 2.45) is 0 Å². The largest absolute Gasteiger partial charge is 0.507 e. The molecule has 0 heterocycles. The SMILES string of the molecule is CCCCC(C)c1cc(/C=C/C(=O)c2cccc(C(C)CCCC)c2O)c(C(C)CCCC)c(OC)c1. The van der Waals surface area contributed by atoms with Crippen LogP contribution >= 0.6 is 0 Å². The van der Waals surface area contributed by atoms with Crippen molar-refractivity contribution in [2.45, 2.75) is 117 Å². The van der Waals surface area contributed by atoms with Crippen LogP contribution in [0.2, 0.25) is 0 Å². The van der Waals surface area contributed by atoms with Crippen molar-refractivity contribution in [3.63, 3.8) is 0 Å². The van der Waals surface area contributed by atoms with Crippen LogP contribution in [0.25, 0.3) is 6.08 Å². The zero-order valence-corrected chi connectivity index (χ0v) is 24.4. The van der Waals surface area contributed by atoms with Gasteiger partial charge in [-0.2, -0.15) is 0 Å². The first-order valence-corrected chi connectivity index (χ1v) is 14.5. The van der Waals surface area contributed by atoms with Crippen molar-refractivity contribution >= 4 is 11.9 Å². The number of aromatic hydroxyl groups is 1. The van der Waals surface area contributed by atoms with E-state index in [-0.39, 0.29) is 17.5 Å². The third-order valence-electron chi connectivity index (χ3n) is 7.73. The molecule has 1 N–H and O–H groups in total. The van der Waals surface area contributed by atoms with E-state index in [1.54, 1.807) is 19.3 Å². The van der Waals surface area contributed by atoms with Gasteiger partial charge in [0.1, 0.15) is 11.5 Å². The first kappa shape index (κ1) is 30.7. The summed E-state index contributed by atoms with van der Waals surface area (Å²) in [4.78, 5) is 13.3. The van der Waals surface area contributed by atoms with Gasteiger partial charge >= 0.3 is 0 Å². The Balaban J connectivity index is 2.48. The van der Waals surface area contributed by atoms with E-state index >= 15 is 0 Å². The van der Waals surface area contributed by atoms with Crippen molar-refractivity contribution in [3.05, 3.63) is 64.2 Å². The molecule has 204 valence electrons. The van der Waals surface area contributed by atoms with Gasteiger partial charge in [0.2, 0.25) is 0 Å². The zero-order valence-electron chi connectivity index (χ0n) is 24.4. The summed E-state index contributed by atoms with van der Waals surface area (Å²) >= 11 is 0. The molecule has 0 amide bonds. The molecule has 0 spiro atoms. The molecule has 3 unspecified atom stereocenters. The number of ether oxygens (including phenoxy) is 1. The van der Waals surface area contributed by atoms with Crippen LogP contribution in [-0.2, 0) is 0 Å². The number of ketones is 1. The van der Waals surface area contributed by atoms with E-state index in [4.69, 9.17) is 4.74 Å². The molecule has 2 aromatic rings. The maximum atomic E-state index is 13.3. The predicted molar refractivity (Wildman–Crippen MR) is 158 cm³/mol. The van der Waals surface area contributed by atoms with Crippen LogP contribution in [0.5, 0.6) is 11.5 Å². The fourth-order valence-electron chi connectivity index (χ4n) is 5.20. The minimum atomic E-state index is -0.169. The highest BCUT2D eigenvalue weighted by Crippen LogP contribution is 2.38. The molecular formula is C34H50O3. The number of hydrogen-bond donors (Lipinski definition) is 1. The number of methoxy groups -OCH3 is 1. The van der Waals surface area contributed by atoms with Crippen LogP contribution in [0.4, 0.5) is 0 Å². The molecule has 2 rings (SSSR count). The molecule has 3 nitrogen and oxygen atoms in total. The second-order valence-corrected chi connectivity index (χ2v) is 10.8. The number of carbonyl (C=O) groups is 1. The number of rotatable bonds is 16. The molecule has 0 aliphatic rings. The number of carbonyl (C=O) groups excluding carboxylic acids is 1. The normalized spacial score (nSPS) is 14.0. The molecule has 0 saturated heterocycles. The smallest absolute Gasteiger partial charge is 0.189 e. The van der Waals surface area contributed by atoms with E-state index in [9.17, 15) is 9.90 Å². The minimum Gasteiger partial charge on any atom is -0.507 e. The van der Waals surface area contributed by atoms with Crippen LogP contribution in [-0.4, -0.2) is 18.0 Å². The molecule has 0 radical (unpaired) electrons. The second kappa shape index (κ2) is 15.6. The number of phenols is 1. The Labute approximate surface area is 226 Å². The summed E-state index contributed by atoms with van der Waals surface area (Å²) in [6.45, 7) is 13.2. The molecule has 0 bridgehead atoms. The van der Waals surface area contributed by atoms with Crippen LogP contribution < -0.4 is 4.74 Å². The Morgan fingerprint density at radius 2 is 1.49 bits per heavy atom. The summed E-state index contributed by atoms with van der Waals surface area (Å²) < 4.78 is 5.91. The lowest BCUT2D eigenvalue weighted by Crippen LogP contribution is -2.05. The van der Waals surface area contributed by atoms with Gasteiger partial charge in [0.25, 0.3) is 0 Å². The number of benzene rings is 2. The number of allylic oxidation sites excluding steroid dienone is 1. The third kappa shape index (κ3) is 8.48. The zero-order chi connectivity index (χ0) is 27.4. The number of hydrogen-bond acceptors (Lipinski definition) is 3. The molecule has 0 saturated carbocycles. The highest BCUT2D eigenvalue weighted by Gasteiger charge is 2.20. The number of unbranched alkanes of at least 4 members (excludes halogenated alkanes) is 3. The first-order chi connectivity index (χ1) is 17.8. The van der Waals surface area contributed by atoms with E-state index in [2.05, 4.69) is 53.7 Å². The average Bonchev–Trinajstić information content (AvgIpc) is 2.91. The lowest BCUT2D eigenvalue weighted by Gasteiger charge is -2.22. The molecule has 0 fully saturated rings. The van der Waals surface area contributed by atoms with Gasteiger partial charge < -0.3 is 9.84 Å². The van der Waals surface area contributed by atoms with E-state index in [0.29, 0.717) is 17.4 Å². The fourth-order valence-corrected chi connectivity index (χ4v) is 5.20. The standard InChI is InChI=1S/C34H50O3/c1-8-11-15-24(4)28-22-27(33(32(23-28)37-7)26(6)17-13-10-3)20-21-31(35)30-19-14-18-29(34(30)36)25(5)16-12-9-2/h14,18-26,36H,8-13,15-17H2,1-7H3/b21-20+. The average molecular weight is 507 g/mol. The van der Waals surface area contributed by atoms with Crippen molar-refractivity contribution in [3.8, 4) is 11.5 Å². The summed E-state index contributed by atoms with van der Waals surface area (Å²) in [5.74, 6) is 1.82. The summed E-state index contributed by atoms with van der Waals surface area (Å²) in [6, 6.07) is 10.00. The lowest BCUT2D eigenvalue weighted by molar-refractivity contribution is 0.104. The maximum Gasteiger partial charge on any atom is 0.189 e. The van der Waals surface area contributed by atoms with Gasteiger partial charge in [0, 0.05) is 5.56 Å². The Morgan fingerprint density at radius 1 is 0.892 bits per heavy atom. The van der Waals surface area contributed by atoms with Gasteiger partial charge in [0.05, 0.1) is 12.7 Å². The topological polar surface area (TPSA) is 46.5 Å². The Kier molecular flexibility index (Phi) is 13.0. The van der Waals surface area contributed by atoms with Gasteiger partial charge in [-0.25, -0.2) is 0 Å². The van der Waals surface area contributed by atoms with Crippen LogP contribution in [0.15, 0.2) is 36.4 Å². The van der Waals surface area contributed by atoms with Gasteiger partial charge in [-0.1, -0.05) is 104 Å². The third-order valence-corrected chi connectivity index (χ3v) is 7.73. The van der Waals surface area contributed by atoms with Gasteiger partial charge in [-0.3, -0.25) is 4.79 Å². The summed E-state index contributed by atoms with van der Waals surface area (Å²) in [7, 11) is 1.74. The molecule has 0 aliphatic heterocycles. The Bertz CT molecular complexity index is 1020. The van der Waals surface area contributed by atoms with Crippen molar-refractivity contribution in [1.29, 1.82) is 0 Å². The first-order valence-electron chi connectivity index (χ1n) is 14.5. The van der Waals surface area contributed by atoms with E-state index in [1.165, 1.54) is 18.4 Å². The van der Waals surface area contributed by atoms with Crippen LogP contribution in [0, 0.1) is 0 Å². The van der Waals surface area contributed by atoms with Crippen LogP contribution in [0.1, 0.15) is 150 Å². The molecule has 37 heavy (non-hydrogen) atoms. The van der Waals surface area contributed by atoms with Crippen molar-refractivity contribution in [2.75, 3.05) is 7.11 Å². The molecule has 3 heteroatoms. The number of para-hydroxylation sites is 1. The van der Waals surface area contributed by atoms with Crippen molar-refractivity contribution < 1.29 is 14.6 Å². The highest BCUT2D eigenvalue weighted by atomic mass is 16.5. The summed E-state index contributed by atoms with van der Waals surface area (Å²) in [6.07, 6.45) is 13.6. The molecule has 0 aliphatic carbocycles. The van der Waals surface area contributed by atoms with Gasteiger partial charge in [-0.15, -0.1) is 0 Å². The fraction of sp³-hybridized carbons (Fsp3) is 0.559. The minimum absolute atomic E-state index is 0.122. The van der Waals surface area contributed by atoms with Crippen LogP contribution in [0.3, 0.4) is 0 Å². The van der Waals surface area contributed by atoms with Gasteiger partial charge in [0.15, 0.2) is 5.78 Å². The quantitative estimate of drug-likeness (QED) is 0.182. The predicted octanol–water partition coefficient (Wildman–Crippen LogP) is 10.2. The Hall–Kier alpha value is -2.55. The molecular weight excluding hydrogens is 456 g/mol. The Morgan fingerprint density at radius 3 is 2.08 bits per heavy atom. The summed E-state index contributed by atoms with van der Waals surface area (Å²) in [5.41, 5.74) is 4.68. The molecule has 3 atom stereocenters. The molecule has 2 aromatic carbocycles. The maximum absolute atomic E-state index is 13.3. The monoisotopic (exact) mass is 506 g/mol. The van der Waals surface area contributed by atoms with E-state index in [1.807, 2.05) is 18.2 Å². The van der Waals surface area contributed by atoms with Gasteiger partial charge in [-0.05, 0) is 71.9 Å². The highest BCUT2D eigenvalue weighted by molar-refractivity contribution is 6.09. The molecule has 0 aromatic heterocycles.